The Bertz CT molecular complexity index is 376. The highest BCUT2D eigenvalue weighted by Crippen LogP contribution is 2.11. The van der Waals surface area contributed by atoms with Gasteiger partial charge in [-0.05, 0) is 13.8 Å². The van der Waals surface area contributed by atoms with Crippen molar-refractivity contribution in [2.75, 3.05) is 0 Å². The Hall–Kier alpha value is -0.920. The van der Waals surface area contributed by atoms with Crippen molar-refractivity contribution in [2.24, 2.45) is 5.14 Å². The van der Waals surface area contributed by atoms with Crippen molar-refractivity contribution in [3.05, 3.63) is 17.0 Å². The third-order valence-corrected chi connectivity index (χ3v) is 2.18. The smallest absolute Gasteiger partial charge is 0.274 e. The molecule has 3 N–H and O–H groups in total. The molecule has 7 heteroatoms. The molecule has 6 nitrogen and oxygen atoms in total. The Kier molecular flexibility index (Phi) is 2.69. The second-order valence-electron chi connectivity index (χ2n) is 2.67. The summed E-state index contributed by atoms with van der Waals surface area (Å²) in [7, 11) is -3.65. The quantitative estimate of drug-likeness (QED) is 0.700. The van der Waals surface area contributed by atoms with E-state index in [0.29, 0.717) is 17.0 Å². The summed E-state index contributed by atoms with van der Waals surface area (Å²) >= 11 is 0. The topological polar surface area (TPSA) is 98.2 Å². The van der Waals surface area contributed by atoms with Crippen molar-refractivity contribution in [3.8, 4) is 0 Å². The molecule has 1 aromatic heterocycles. The van der Waals surface area contributed by atoms with E-state index in [4.69, 9.17) is 9.66 Å². The molecule has 0 saturated carbocycles. The molecule has 0 aromatic carbocycles. The van der Waals surface area contributed by atoms with Gasteiger partial charge in [0.1, 0.15) is 5.76 Å². The van der Waals surface area contributed by atoms with E-state index < -0.39 is 10.2 Å². The molecule has 0 unspecified atom stereocenters. The molecule has 1 aromatic rings. The summed E-state index contributed by atoms with van der Waals surface area (Å²) in [5, 5.41) is 8.43. The fourth-order valence-electron chi connectivity index (χ4n) is 0.927. The maximum atomic E-state index is 10.6. The molecular formula is C6H11N3O3S. The summed E-state index contributed by atoms with van der Waals surface area (Å²) in [6.07, 6.45) is 0. The minimum Gasteiger partial charge on any atom is -0.361 e. The zero-order valence-corrected chi connectivity index (χ0v) is 8.18. The third kappa shape index (κ3) is 2.79. The van der Waals surface area contributed by atoms with Crippen molar-refractivity contribution in [2.45, 2.75) is 20.4 Å². The number of nitrogens with one attached hydrogen (secondary N) is 1. The highest BCUT2D eigenvalue weighted by molar-refractivity contribution is 7.87. The van der Waals surface area contributed by atoms with Gasteiger partial charge in [0.2, 0.25) is 0 Å². The molecule has 74 valence electrons. The zero-order chi connectivity index (χ0) is 10.1. The highest BCUT2D eigenvalue weighted by Gasteiger charge is 2.10. The molecule has 1 heterocycles. The predicted molar refractivity (Wildman–Crippen MR) is 45.9 cm³/mol. The molecule has 0 atom stereocenters. The fraction of sp³-hybridized carbons (Fsp3) is 0.500. The van der Waals surface area contributed by atoms with Crippen LogP contribution in [0, 0.1) is 13.8 Å². The molecule has 0 bridgehead atoms. The Morgan fingerprint density at radius 1 is 1.54 bits per heavy atom. The highest BCUT2D eigenvalue weighted by atomic mass is 32.2. The van der Waals surface area contributed by atoms with E-state index in [9.17, 15) is 8.42 Å². The number of aryl methyl sites for hydroxylation is 2. The number of nitrogens with two attached hydrogens (primary N) is 1. The van der Waals surface area contributed by atoms with Crippen molar-refractivity contribution < 1.29 is 12.9 Å². The van der Waals surface area contributed by atoms with Gasteiger partial charge in [-0.1, -0.05) is 5.16 Å². The number of nitrogens with zero attached hydrogens (tertiary/aromatic N) is 1. The van der Waals surface area contributed by atoms with E-state index >= 15 is 0 Å². The van der Waals surface area contributed by atoms with E-state index in [0.717, 1.165) is 0 Å². The van der Waals surface area contributed by atoms with Crippen LogP contribution in [0.15, 0.2) is 4.52 Å². The molecular weight excluding hydrogens is 194 g/mol. The Balaban J connectivity index is 2.75. The van der Waals surface area contributed by atoms with Crippen LogP contribution in [0.25, 0.3) is 0 Å². The largest absolute Gasteiger partial charge is 0.361 e. The number of hydrogen-bond donors (Lipinski definition) is 2. The van der Waals surface area contributed by atoms with E-state index in [1.807, 2.05) is 0 Å². The summed E-state index contributed by atoms with van der Waals surface area (Å²) in [5.41, 5.74) is 1.38. The number of hydrogen-bond acceptors (Lipinski definition) is 4. The van der Waals surface area contributed by atoms with E-state index in [1.54, 1.807) is 13.8 Å². The van der Waals surface area contributed by atoms with Crippen molar-refractivity contribution in [1.82, 2.24) is 9.88 Å². The SMILES string of the molecule is Cc1noc(C)c1CNS(N)(=O)=O. The van der Waals surface area contributed by atoms with Crippen LogP contribution in [-0.2, 0) is 16.8 Å². The molecule has 0 aliphatic carbocycles. The normalized spacial score (nSPS) is 11.9. The minimum absolute atomic E-state index is 0.111. The van der Waals surface area contributed by atoms with E-state index in [2.05, 4.69) is 9.88 Å². The van der Waals surface area contributed by atoms with Crippen molar-refractivity contribution in [1.29, 1.82) is 0 Å². The van der Waals surface area contributed by atoms with Crippen molar-refractivity contribution in [3.63, 3.8) is 0 Å². The number of rotatable bonds is 3. The average Bonchev–Trinajstić information content (AvgIpc) is 2.27. The van der Waals surface area contributed by atoms with Crippen LogP contribution in [0.5, 0.6) is 0 Å². The molecule has 13 heavy (non-hydrogen) atoms. The van der Waals surface area contributed by atoms with E-state index in [1.165, 1.54) is 0 Å². The standard InChI is InChI=1S/C6H11N3O3S/c1-4-6(5(2)12-9-4)3-8-13(7,10)11/h8H,3H2,1-2H3,(H2,7,10,11). The van der Waals surface area contributed by atoms with Crippen LogP contribution >= 0.6 is 0 Å². The molecule has 0 saturated heterocycles. The molecule has 0 amide bonds. The Labute approximate surface area is 76.3 Å². The van der Waals surface area contributed by atoms with Gasteiger partial charge < -0.3 is 4.52 Å². The first-order valence-electron chi connectivity index (χ1n) is 3.59. The number of aromatic nitrogens is 1. The summed E-state index contributed by atoms with van der Waals surface area (Å²) in [5.74, 6) is 0.591. The first-order chi connectivity index (χ1) is 5.90. The fourth-order valence-corrected chi connectivity index (χ4v) is 1.27. The van der Waals surface area contributed by atoms with E-state index in [-0.39, 0.29) is 6.54 Å². The second-order valence-corrected chi connectivity index (χ2v) is 4.05. The van der Waals surface area contributed by atoms with Gasteiger partial charge in [-0.3, -0.25) is 0 Å². The first-order valence-corrected chi connectivity index (χ1v) is 5.14. The molecule has 0 spiro atoms. The van der Waals surface area contributed by atoms with Gasteiger partial charge in [-0.25, -0.2) is 5.14 Å². The van der Waals surface area contributed by atoms with Crippen LogP contribution in [0.4, 0.5) is 0 Å². The maximum Gasteiger partial charge on any atom is 0.274 e. The van der Waals surface area contributed by atoms with Crippen LogP contribution in [0.1, 0.15) is 17.0 Å². The first kappa shape index (κ1) is 10.2. The molecule has 0 aliphatic heterocycles. The zero-order valence-electron chi connectivity index (χ0n) is 7.36. The van der Waals surface area contributed by atoms with Crippen LogP contribution in [-0.4, -0.2) is 13.6 Å². The van der Waals surface area contributed by atoms with Crippen LogP contribution in [0.3, 0.4) is 0 Å². The summed E-state index contributed by atoms with van der Waals surface area (Å²) in [4.78, 5) is 0. The van der Waals surface area contributed by atoms with Crippen LogP contribution in [0.2, 0.25) is 0 Å². The lowest BCUT2D eigenvalue weighted by atomic mass is 10.2. The molecule has 1 rings (SSSR count). The van der Waals surface area contributed by atoms with Crippen molar-refractivity contribution >= 4 is 10.2 Å². The van der Waals surface area contributed by atoms with Gasteiger partial charge in [-0.2, -0.15) is 13.1 Å². The van der Waals surface area contributed by atoms with Gasteiger partial charge in [0, 0.05) is 12.1 Å². The molecule has 0 radical (unpaired) electrons. The summed E-state index contributed by atoms with van der Waals surface area (Å²) in [6.45, 7) is 3.55. The van der Waals surface area contributed by atoms with Gasteiger partial charge in [0.25, 0.3) is 10.2 Å². The van der Waals surface area contributed by atoms with Gasteiger partial charge in [-0.15, -0.1) is 0 Å². The van der Waals surface area contributed by atoms with Gasteiger partial charge in [0.15, 0.2) is 0 Å². The Morgan fingerprint density at radius 2 is 2.15 bits per heavy atom. The minimum atomic E-state index is -3.65. The van der Waals surface area contributed by atoms with Gasteiger partial charge >= 0.3 is 0 Å². The maximum absolute atomic E-state index is 10.6. The van der Waals surface area contributed by atoms with Gasteiger partial charge in [0.05, 0.1) is 5.69 Å². The lowest BCUT2D eigenvalue weighted by Gasteiger charge is -1.99. The predicted octanol–water partition coefficient (Wildman–Crippen LogP) is -0.415. The molecule has 0 fully saturated rings. The van der Waals surface area contributed by atoms with Crippen LogP contribution < -0.4 is 9.86 Å². The Morgan fingerprint density at radius 3 is 2.54 bits per heavy atom. The lowest BCUT2D eigenvalue weighted by molar-refractivity contribution is 0.392. The third-order valence-electron chi connectivity index (χ3n) is 1.63. The average molecular weight is 205 g/mol. The monoisotopic (exact) mass is 205 g/mol. The molecule has 0 aliphatic rings. The summed E-state index contributed by atoms with van der Waals surface area (Å²) in [6, 6.07) is 0. The lowest BCUT2D eigenvalue weighted by Crippen LogP contribution is -2.30. The second kappa shape index (κ2) is 3.44. The summed E-state index contributed by atoms with van der Waals surface area (Å²) < 4.78 is 28.1.